The Balaban J connectivity index is 0.00000261. The van der Waals surface area contributed by atoms with Gasteiger partial charge in [-0.1, -0.05) is 36.9 Å². The largest absolute Gasteiger partial charge is 0.490 e. The number of aliphatic hydroxyl groups is 1. The Hall–Kier alpha value is -2.09. The Kier molecular flexibility index (Phi) is 7.65. The third kappa shape index (κ3) is 5.69. The highest BCUT2D eigenvalue weighted by atomic mass is 35.5. The van der Waals surface area contributed by atoms with E-state index in [4.69, 9.17) is 4.74 Å². The first-order valence-corrected chi connectivity index (χ1v) is 9.29. The number of imide groups is 1. The van der Waals surface area contributed by atoms with E-state index in [2.05, 4.69) is 17.2 Å². The molecule has 2 amide bonds. The minimum atomic E-state index is -0.801. The lowest BCUT2D eigenvalue weighted by atomic mass is 10.1. The summed E-state index contributed by atoms with van der Waals surface area (Å²) in [5.74, 6) is 0.377. The fourth-order valence-corrected chi connectivity index (χ4v) is 3.43. The molecule has 0 spiro atoms. The first-order chi connectivity index (χ1) is 12.5. The minimum absolute atomic E-state index is 0. The Labute approximate surface area is 168 Å². The molecule has 1 aromatic carbocycles. The summed E-state index contributed by atoms with van der Waals surface area (Å²) >= 11 is 1.02. The van der Waals surface area contributed by atoms with Gasteiger partial charge in [0.2, 0.25) is 5.91 Å². The van der Waals surface area contributed by atoms with Gasteiger partial charge < -0.3 is 9.84 Å². The van der Waals surface area contributed by atoms with Crippen LogP contribution in [0, 0.1) is 0 Å². The molecule has 27 heavy (non-hydrogen) atoms. The van der Waals surface area contributed by atoms with Gasteiger partial charge >= 0.3 is 0 Å². The number of rotatable bonds is 7. The van der Waals surface area contributed by atoms with Gasteiger partial charge in [-0.3, -0.25) is 19.9 Å². The van der Waals surface area contributed by atoms with Crippen LogP contribution in [0.15, 0.2) is 42.6 Å². The van der Waals surface area contributed by atoms with E-state index in [0.717, 1.165) is 29.3 Å². The first-order valence-electron chi connectivity index (χ1n) is 8.41. The quantitative estimate of drug-likeness (QED) is 0.731. The Morgan fingerprint density at radius 3 is 2.44 bits per heavy atom. The van der Waals surface area contributed by atoms with Crippen LogP contribution in [0.25, 0.3) is 0 Å². The molecule has 144 valence electrons. The Morgan fingerprint density at radius 2 is 1.89 bits per heavy atom. The van der Waals surface area contributed by atoms with Crippen LogP contribution in [-0.4, -0.2) is 33.1 Å². The number of ether oxygens (including phenoxy) is 1. The second-order valence-corrected chi connectivity index (χ2v) is 7.18. The average Bonchev–Trinajstić information content (AvgIpc) is 2.98. The van der Waals surface area contributed by atoms with E-state index in [1.807, 2.05) is 24.3 Å². The lowest BCUT2D eigenvalue weighted by molar-refractivity contribution is -0.118. The molecule has 6 nitrogen and oxygen atoms in total. The summed E-state index contributed by atoms with van der Waals surface area (Å²) in [5, 5.41) is 11.8. The molecular formula is C19H21ClN2O4S. The number of nitrogens with zero attached hydrogens (tertiary/aromatic N) is 1. The number of carbonyl (C=O) groups is 2. The molecule has 1 fully saturated rings. The first kappa shape index (κ1) is 21.2. The molecule has 0 saturated carbocycles. The van der Waals surface area contributed by atoms with Crippen molar-refractivity contribution in [2.24, 2.45) is 0 Å². The zero-order chi connectivity index (χ0) is 18.5. The maximum Gasteiger partial charge on any atom is 0.286 e. The zero-order valence-corrected chi connectivity index (χ0v) is 16.4. The van der Waals surface area contributed by atoms with Crippen LogP contribution in [0.2, 0.25) is 0 Å². The van der Waals surface area contributed by atoms with E-state index in [9.17, 15) is 14.7 Å². The van der Waals surface area contributed by atoms with E-state index in [1.165, 1.54) is 0 Å². The summed E-state index contributed by atoms with van der Waals surface area (Å²) in [6, 6.07) is 11.0. The van der Waals surface area contributed by atoms with Crippen molar-refractivity contribution >= 4 is 35.3 Å². The van der Waals surface area contributed by atoms with Crippen molar-refractivity contribution < 1.29 is 19.4 Å². The molecule has 2 aromatic rings. The number of carbonyl (C=O) groups excluding carboxylic acids is 2. The molecule has 1 aliphatic heterocycles. The number of nitrogens with one attached hydrogen (secondary N) is 1. The highest BCUT2D eigenvalue weighted by molar-refractivity contribution is 8.15. The van der Waals surface area contributed by atoms with Crippen molar-refractivity contribution in [1.82, 2.24) is 10.3 Å². The van der Waals surface area contributed by atoms with Gasteiger partial charge in [-0.25, -0.2) is 0 Å². The third-order valence-corrected chi connectivity index (χ3v) is 5.10. The monoisotopic (exact) mass is 408 g/mol. The van der Waals surface area contributed by atoms with E-state index >= 15 is 0 Å². The van der Waals surface area contributed by atoms with Gasteiger partial charge in [0.05, 0.1) is 10.9 Å². The molecule has 1 aromatic heterocycles. The number of benzene rings is 1. The molecule has 1 saturated heterocycles. The number of hydrogen-bond donors (Lipinski definition) is 2. The number of pyridine rings is 1. The lowest BCUT2D eigenvalue weighted by Crippen LogP contribution is -2.25. The molecule has 0 radical (unpaired) electrons. The van der Waals surface area contributed by atoms with Crippen molar-refractivity contribution in [3.05, 3.63) is 59.4 Å². The van der Waals surface area contributed by atoms with Crippen LogP contribution >= 0.6 is 24.2 Å². The van der Waals surface area contributed by atoms with Crippen molar-refractivity contribution in [3.63, 3.8) is 0 Å². The van der Waals surface area contributed by atoms with Gasteiger partial charge in [0.15, 0.2) is 0 Å². The number of aromatic nitrogens is 1. The third-order valence-electron chi connectivity index (χ3n) is 4.12. The minimum Gasteiger partial charge on any atom is -0.490 e. The van der Waals surface area contributed by atoms with Crippen molar-refractivity contribution in [2.45, 2.75) is 31.1 Å². The van der Waals surface area contributed by atoms with Crippen LogP contribution in [0.4, 0.5) is 4.79 Å². The van der Waals surface area contributed by atoms with Crippen LogP contribution < -0.4 is 10.1 Å². The summed E-state index contributed by atoms with van der Waals surface area (Å²) < 4.78 is 5.61. The SMILES string of the molecule is CCc1ccc([C@@H](O)COc2ccc(CC3SC(=O)NC3=O)cc2)nc1.Cl. The number of aliphatic hydroxyl groups excluding tert-OH is 1. The zero-order valence-electron chi connectivity index (χ0n) is 14.8. The number of aryl methyl sites for hydroxylation is 1. The van der Waals surface area contributed by atoms with Crippen molar-refractivity contribution in [2.75, 3.05) is 6.61 Å². The summed E-state index contributed by atoms with van der Waals surface area (Å²) in [7, 11) is 0. The summed E-state index contributed by atoms with van der Waals surface area (Å²) in [4.78, 5) is 27.0. The fourth-order valence-electron chi connectivity index (χ4n) is 2.57. The molecule has 0 aliphatic carbocycles. The normalized spacial score (nSPS) is 17.2. The predicted molar refractivity (Wildman–Crippen MR) is 106 cm³/mol. The van der Waals surface area contributed by atoms with Gasteiger partial charge in [-0.15, -0.1) is 12.4 Å². The molecule has 8 heteroatoms. The average molecular weight is 409 g/mol. The predicted octanol–water partition coefficient (Wildman–Crippen LogP) is 3.07. The van der Waals surface area contributed by atoms with Crippen molar-refractivity contribution in [1.29, 1.82) is 0 Å². The molecule has 2 atom stereocenters. The number of hydrogen-bond acceptors (Lipinski definition) is 6. The van der Waals surface area contributed by atoms with Crippen LogP contribution in [0.1, 0.15) is 29.8 Å². The summed E-state index contributed by atoms with van der Waals surface area (Å²) in [6.45, 7) is 2.16. The second kappa shape index (κ2) is 9.73. The van der Waals surface area contributed by atoms with E-state index < -0.39 is 6.10 Å². The molecule has 0 bridgehead atoms. The summed E-state index contributed by atoms with van der Waals surface area (Å²) in [6.07, 6.45) is 2.35. The molecule has 3 rings (SSSR count). The maximum absolute atomic E-state index is 11.6. The maximum atomic E-state index is 11.6. The number of halogens is 1. The van der Waals surface area contributed by atoms with E-state index in [1.54, 1.807) is 18.3 Å². The van der Waals surface area contributed by atoms with Gasteiger partial charge in [0, 0.05) is 6.20 Å². The number of amides is 2. The van der Waals surface area contributed by atoms with Crippen molar-refractivity contribution in [3.8, 4) is 5.75 Å². The van der Waals surface area contributed by atoms with Gasteiger partial charge in [0.25, 0.3) is 5.24 Å². The van der Waals surface area contributed by atoms with E-state index in [0.29, 0.717) is 17.9 Å². The van der Waals surface area contributed by atoms with Gasteiger partial charge in [0.1, 0.15) is 18.5 Å². The highest BCUT2D eigenvalue weighted by Crippen LogP contribution is 2.24. The Morgan fingerprint density at radius 1 is 1.19 bits per heavy atom. The topological polar surface area (TPSA) is 88.5 Å². The molecule has 2 heterocycles. The second-order valence-electron chi connectivity index (χ2n) is 6.00. The van der Waals surface area contributed by atoms with Gasteiger partial charge in [-0.05, 0) is 42.2 Å². The lowest BCUT2D eigenvalue weighted by Gasteiger charge is -2.13. The Bertz CT molecular complexity index is 783. The van der Waals surface area contributed by atoms with E-state index in [-0.39, 0.29) is 35.4 Å². The van der Waals surface area contributed by atoms with Crippen LogP contribution in [-0.2, 0) is 17.6 Å². The smallest absolute Gasteiger partial charge is 0.286 e. The fraction of sp³-hybridized carbons (Fsp3) is 0.316. The van der Waals surface area contributed by atoms with Gasteiger partial charge in [-0.2, -0.15) is 0 Å². The molecule has 1 aliphatic rings. The highest BCUT2D eigenvalue weighted by Gasteiger charge is 2.31. The number of thioether (sulfide) groups is 1. The standard InChI is InChI=1S/C19H20N2O4S.ClH/c1-2-12-5-8-15(20-10-12)16(22)11-25-14-6-3-13(4-7-14)9-17-18(23)21-19(24)26-17;/h3-8,10,16-17,22H,2,9,11H2,1H3,(H,21,23,24);1H/t16-,17?;/m0./s1. The molecule has 2 N–H and O–H groups in total. The summed E-state index contributed by atoms with van der Waals surface area (Å²) in [5.41, 5.74) is 2.64. The van der Waals surface area contributed by atoms with Crippen LogP contribution in [0.5, 0.6) is 5.75 Å². The molecule has 1 unspecified atom stereocenters. The molecular weight excluding hydrogens is 388 g/mol. The van der Waals surface area contributed by atoms with Crippen LogP contribution in [0.3, 0.4) is 0 Å².